The lowest BCUT2D eigenvalue weighted by Gasteiger charge is -2.14. The second-order valence-corrected chi connectivity index (χ2v) is 5.52. The van der Waals surface area contributed by atoms with Gasteiger partial charge in [-0.3, -0.25) is 9.59 Å². The van der Waals surface area contributed by atoms with Crippen LogP contribution in [0.3, 0.4) is 0 Å². The molecule has 1 aliphatic rings. The molecule has 2 rings (SSSR count). The number of aromatic nitrogens is 1. The number of nitrogens with one attached hydrogen (secondary N) is 2. The van der Waals surface area contributed by atoms with Crippen molar-refractivity contribution in [3.8, 4) is 5.88 Å². The third-order valence-electron chi connectivity index (χ3n) is 3.65. The van der Waals surface area contributed by atoms with E-state index in [1.807, 2.05) is 13.8 Å². The van der Waals surface area contributed by atoms with Crippen molar-refractivity contribution in [2.75, 3.05) is 11.9 Å². The summed E-state index contributed by atoms with van der Waals surface area (Å²) in [7, 11) is 0. The average molecular weight is 305 g/mol. The van der Waals surface area contributed by atoms with Gasteiger partial charge in [0, 0.05) is 18.0 Å². The van der Waals surface area contributed by atoms with Crippen LogP contribution in [-0.4, -0.2) is 29.4 Å². The fraction of sp³-hybridized carbons (Fsp3) is 0.562. The minimum Gasteiger partial charge on any atom is -0.468 e. The van der Waals surface area contributed by atoms with Crippen molar-refractivity contribution in [2.45, 2.75) is 45.6 Å². The smallest absolute Gasteiger partial charge is 0.258 e. The molecule has 0 saturated heterocycles. The van der Waals surface area contributed by atoms with E-state index in [0.717, 1.165) is 25.7 Å². The topological polar surface area (TPSA) is 80.3 Å². The van der Waals surface area contributed by atoms with Gasteiger partial charge in [-0.2, -0.15) is 0 Å². The number of hydrogen-bond acceptors (Lipinski definition) is 4. The molecule has 0 bridgehead atoms. The molecule has 1 fully saturated rings. The molecular weight excluding hydrogens is 282 g/mol. The lowest BCUT2D eigenvalue weighted by atomic mass is 10.2. The van der Waals surface area contributed by atoms with Crippen molar-refractivity contribution in [1.29, 1.82) is 0 Å². The molecule has 120 valence electrons. The Hall–Kier alpha value is -2.11. The van der Waals surface area contributed by atoms with Gasteiger partial charge in [0.15, 0.2) is 6.61 Å². The van der Waals surface area contributed by atoms with Crippen molar-refractivity contribution >= 4 is 17.5 Å². The minimum absolute atomic E-state index is 0.0417. The molecule has 0 atom stereocenters. The monoisotopic (exact) mass is 305 g/mol. The summed E-state index contributed by atoms with van der Waals surface area (Å²) in [5.41, 5.74) is 0.644. The minimum atomic E-state index is -0.151. The Bertz CT molecular complexity index is 508. The first-order valence-electron chi connectivity index (χ1n) is 7.81. The number of carbonyl (C=O) groups is 2. The van der Waals surface area contributed by atoms with Gasteiger partial charge in [0.1, 0.15) is 0 Å². The van der Waals surface area contributed by atoms with Crippen LogP contribution >= 0.6 is 0 Å². The van der Waals surface area contributed by atoms with E-state index in [9.17, 15) is 9.59 Å². The summed E-state index contributed by atoms with van der Waals surface area (Å²) in [6, 6.07) is 3.55. The zero-order chi connectivity index (χ0) is 15.9. The summed E-state index contributed by atoms with van der Waals surface area (Å²) in [6.07, 6.45) is 5.26. The van der Waals surface area contributed by atoms with Crippen molar-refractivity contribution in [2.24, 2.45) is 5.92 Å². The van der Waals surface area contributed by atoms with Crippen LogP contribution in [-0.2, 0) is 9.59 Å². The fourth-order valence-electron chi connectivity index (χ4n) is 2.03. The molecule has 2 amide bonds. The summed E-state index contributed by atoms with van der Waals surface area (Å²) in [5.74, 6) is 0.412. The molecule has 6 heteroatoms. The maximum Gasteiger partial charge on any atom is 0.258 e. The summed E-state index contributed by atoms with van der Waals surface area (Å²) >= 11 is 0. The van der Waals surface area contributed by atoms with Crippen LogP contribution in [0.1, 0.15) is 39.5 Å². The highest BCUT2D eigenvalue weighted by atomic mass is 16.5. The van der Waals surface area contributed by atoms with E-state index in [0.29, 0.717) is 11.6 Å². The number of hydrogen-bond donors (Lipinski definition) is 2. The van der Waals surface area contributed by atoms with Crippen molar-refractivity contribution in [1.82, 2.24) is 10.3 Å². The van der Waals surface area contributed by atoms with Gasteiger partial charge in [-0.05, 0) is 31.7 Å². The fourth-order valence-corrected chi connectivity index (χ4v) is 2.03. The number of amides is 2. The summed E-state index contributed by atoms with van der Waals surface area (Å²) in [5, 5.41) is 5.70. The molecule has 1 aliphatic carbocycles. The van der Waals surface area contributed by atoms with E-state index in [4.69, 9.17) is 4.74 Å². The molecule has 2 N–H and O–H groups in total. The van der Waals surface area contributed by atoms with E-state index >= 15 is 0 Å². The molecule has 1 aromatic heterocycles. The Morgan fingerprint density at radius 3 is 2.59 bits per heavy atom. The van der Waals surface area contributed by atoms with Gasteiger partial charge in [-0.25, -0.2) is 4.98 Å². The van der Waals surface area contributed by atoms with Gasteiger partial charge in [0.05, 0.1) is 11.9 Å². The standard InChI is InChI=1S/C16H23N3O3/c1-3-12(4-2)18-14(20)10-22-15-8-7-13(9-17-15)19-16(21)11-5-6-11/h7-9,11-12H,3-6,10H2,1-2H3,(H,18,20)(H,19,21). The molecule has 1 aromatic rings. The number of pyridine rings is 1. The highest BCUT2D eigenvalue weighted by Gasteiger charge is 2.29. The first-order valence-corrected chi connectivity index (χ1v) is 7.81. The lowest BCUT2D eigenvalue weighted by molar-refractivity contribution is -0.124. The lowest BCUT2D eigenvalue weighted by Crippen LogP contribution is -2.37. The Morgan fingerprint density at radius 2 is 2.05 bits per heavy atom. The van der Waals surface area contributed by atoms with Gasteiger partial charge in [-0.15, -0.1) is 0 Å². The largest absolute Gasteiger partial charge is 0.468 e. The summed E-state index contributed by atoms with van der Waals surface area (Å²) in [4.78, 5) is 27.4. The average Bonchev–Trinajstić information content (AvgIpc) is 3.36. The Labute approximate surface area is 130 Å². The maximum absolute atomic E-state index is 11.7. The molecule has 0 aromatic carbocycles. The van der Waals surface area contributed by atoms with Crippen LogP contribution in [0.5, 0.6) is 5.88 Å². The summed E-state index contributed by atoms with van der Waals surface area (Å²) in [6.45, 7) is 4.01. The molecule has 6 nitrogen and oxygen atoms in total. The Morgan fingerprint density at radius 1 is 1.32 bits per heavy atom. The highest BCUT2D eigenvalue weighted by molar-refractivity contribution is 5.93. The first-order chi connectivity index (χ1) is 10.6. The van der Waals surface area contributed by atoms with Crippen LogP contribution in [0.2, 0.25) is 0 Å². The van der Waals surface area contributed by atoms with E-state index in [2.05, 4.69) is 15.6 Å². The number of anilines is 1. The number of carbonyl (C=O) groups excluding carboxylic acids is 2. The zero-order valence-electron chi connectivity index (χ0n) is 13.1. The predicted octanol–water partition coefficient (Wildman–Crippen LogP) is 2.11. The van der Waals surface area contributed by atoms with Gasteiger partial charge in [-0.1, -0.05) is 13.8 Å². The molecule has 22 heavy (non-hydrogen) atoms. The second-order valence-electron chi connectivity index (χ2n) is 5.52. The molecule has 1 saturated carbocycles. The SMILES string of the molecule is CCC(CC)NC(=O)COc1ccc(NC(=O)C2CC2)cn1. The van der Waals surface area contributed by atoms with Crippen molar-refractivity contribution in [3.05, 3.63) is 18.3 Å². The van der Waals surface area contributed by atoms with Crippen LogP contribution in [0.4, 0.5) is 5.69 Å². The molecule has 0 spiro atoms. The van der Waals surface area contributed by atoms with Gasteiger partial charge in [0.25, 0.3) is 5.91 Å². The zero-order valence-corrected chi connectivity index (χ0v) is 13.1. The van der Waals surface area contributed by atoms with Gasteiger partial charge < -0.3 is 15.4 Å². The number of rotatable bonds is 8. The number of ether oxygens (including phenoxy) is 1. The molecule has 1 heterocycles. The normalized spacial score (nSPS) is 13.8. The first kappa shape index (κ1) is 16.3. The van der Waals surface area contributed by atoms with E-state index < -0.39 is 0 Å². The summed E-state index contributed by atoms with van der Waals surface area (Å²) < 4.78 is 5.34. The highest BCUT2D eigenvalue weighted by Crippen LogP contribution is 2.30. The van der Waals surface area contributed by atoms with Crippen molar-refractivity contribution < 1.29 is 14.3 Å². The van der Waals surface area contributed by atoms with Crippen molar-refractivity contribution in [3.63, 3.8) is 0 Å². The maximum atomic E-state index is 11.7. The van der Waals surface area contributed by atoms with Crippen LogP contribution in [0.25, 0.3) is 0 Å². The Balaban J connectivity index is 1.76. The van der Waals surface area contributed by atoms with E-state index in [1.54, 1.807) is 12.1 Å². The Kier molecular flexibility index (Phi) is 5.75. The van der Waals surface area contributed by atoms with Gasteiger partial charge >= 0.3 is 0 Å². The third-order valence-corrected chi connectivity index (χ3v) is 3.65. The van der Waals surface area contributed by atoms with E-state index in [1.165, 1.54) is 6.20 Å². The molecule has 0 radical (unpaired) electrons. The van der Waals surface area contributed by atoms with Crippen LogP contribution < -0.4 is 15.4 Å². The van der Waals surface area contributed by atoms with Crippen LogP contribution in [0.15, 0.2) is 18.3 Å². The van der Waals surface area contributed by atoms with E-state index in [-0.39, 0.29) is 30.4 Å². The third kappa shape index (κ3) is 5.02. The molecule has 0 unspecified atom stereocenters. The van der Waals surface area contributed by atoms with Crippen LogP contribution in [0, 0.1) is 5.92 Å². The number of nitrogens with zero attached hydrogens (tertiary/aromatic N) is 1. The predicted molar refractivity (Wildman–Crippen MR) is 83.6 cm³/mol. The quantitative estimate of drug-likeness (QED) is 0.771. The molecule has 0 aliphatic heterocycles. The van der Waals surface area contributed by atoms with Gasteiger partial charge in [0.2, 0.25) is 11.8 Å². The molecular formula is C16H23N3O3. The second kappa shape index (κ2) is 7.77.